The Bertz CT molecular complexity index is 914. The molecule has 0 radical (unpaired) electrons. The van der Waals surface area contributed by atoms with Crippen LogP contribution >= 0.6 is 11.3 Å². The summed E-state index contributed by atoms with van der Waals surface area (Å²) in [5.41, 5.74) is 0.631. The third kappa shape index (κ3) is 3.38. The van der Waals surface area contributed by atoms with Gasteiger partial charge in [0.2, 0.25) is 5.82 Å². The van der Waals surface area contributed by atoms with Crippen molar-refractivity contribution in [2.24, 2.45) is 5.92 Å². The smallest absolute Gasteiger partial charge is 0.374 e. The predicted molar refractivity (Wildman–Crippen MR) is 97.7 cm³/mol. The Morgan fingerprint density at radius 2 is 2.00 bits per heavy atom. The molecule has 0 spiro atoms. The van der Waals surface area contributed by atoms with Crippen LogP contribution in [0.5, 0.6) is 0 Å². The quantitative estimate of drug-likeness (QED) is 0.742. The maximum atomic E-state index is 13.1. The van der Waals surface area contributed by atoms with Crippen molar-refractivity contribution in [3.05, 3.63) is 26.6 Å². The molecule has 1 aliphatic carbocycles. The van der Waals surface area contributed by atoms with Gasteiger partial charge in [0.15, 0.2) is 0 Å². The van der Waals surface area contributed by atoms with Crippen molar-refractivity contribution in [2.75, 3.05) is 13.2 Å². The van der Waals surface area contributed by atoms with E-state index in [2.05, 4.69) is 11.9 Å². The van der Waals surface area contributed by atoms with Crippen LogP contribution in [0, 0.1) is 5.92 Å². The van der Waals surface area contributed by atoms with Gasteiger partial charge in [-0.15, -0.1) is 11.3 Å². The van der Waals surface area contributed by atoms with Crippen LogP contribution in [-0.2, 0) is 33.7 Å². The zero-order chi connectivity index (χ0) is 18.8. The third-order valence-electron chi connectivity index (χ3n) is 4.47. The first-order valence-electron chi connectivity index (χ1n) is 8.84. The Hall–Kier alpha value is -2.22. The third-order valence-corrected chi connectivity index (χ3v) is 5.61. The maximum absolute atomic E-state index is 13.1. The van der Waals surface area contributed by atoms with Crippen LogP contribution < -0.4 is 5.56 Å². The lowest BCUT2D eigenvalue weighted by Crippen LogP contribution is -2.32. The molecule has 2 heterocycles. The van der Waals surface area contributed by atoms with E-state index < -0.39 is 11.9 Å². The molecule has 0 saturated carbocycles. The number of aryl methyl sites for hydroxylation is 1. The molecular formula is C18H22N2O5S. The zero-order valence-corrected chi connectivity index (χ0v) is 16.0. The zero-order valence-electron chi connectivity index (χ0n) is 15.2. The van der Waals surface area contributed by atoms with Crippen LogP contribution in [0.25, 0.3) is 10.2 Å². The van der Waals surface area contributed by atoms with E-state index >= 15 is 0 Å². The summed E-state index contributed by atoms with van der Waals surface area (Å²) < 4.78 is 11.1. The van der Waals surface area contributed by atoms with Crippen LogP contribution in [0.15, 0.2) is 4.79 Å². The summed E-state index contributed by atoms with van der Waals surface area (Å²) in [5, 5.41) is 0.522. The molecule has 0 bridgehead atoms. The Labute approximate surface area is 154 Å². The average Bonchev–Trinajstić information content (AvgIpc) is 2.95. The van der Waals surface area contributed by atoms with Gasteiger partial charge in [0.25, 0.3) is 5.56 Å². The Kier molecular flexibility index (Phi) is 5.41. The topological polar surface area (TPSA) is 87.5 Å². The second-order valence-electron chi connectivity index (χ2n) is 6.38. The molecule has 0 N–H and O–H groups in total. The molecule has 7 nitrogen and oxygen atoms in total. The van der Waals surface area contributed by atoms with E-state index in [1.807, 2.05) is 0 Å². The van der Waals surface area contributed by atoms with Crippen LogP contribution in [0.4, 0.5) is 0 Å². The summed E-state index contributed by atoms with van der Waals surface area (Å²) >= 11 is 1.46. The maximum Gasteiger partial charge on any atom is 0.374 e. The van der Waals surface area contributed by atoms with Gasteiger partial charge in [-0.05, 0) is 44.6 Å². The van der Waals surface area contributed by atoms with Gasteiger partial charge in [-0.3, -0.25) is 14.2 Å². The number of thiophene rings is 1. The molecule has 1 aliphatic rings. The molecule has 0 fully saturated rings. The van der Waals surface area contributed by atoms with E-state index in [4.69, 9.17) is 9.47 Å². The summed E-state index contributed by atoms with van der Waals surface area (Å²) in [6.45, 7) is 5.54. The first kappa shape index (κ1) is 18.6. The first-order chi connectivity index (χ1) is 12.5. The highest BCUT2D eigenvalue weighted by Crippen LogP contribution is 2.35. The largest absolute Gasteiger partial charge is 0.465 e. The predicted octanol–water partition coefficient (Wildman–Crippen LogP) is 2.32. The molecule has 26 heavy (non-hydrogen) atoms. The number of hydrogen-bond acceptors (Lipinski definition) is 7. The summed E-state index contributed by atoms with van der Waals surface area (Å²) in [4.78, 5) is 43.5. The lowest BCUT2D eigenvalue weighted by Gasteiger charge is -2.17. The number of ether oxygens (including phenoxy) is 2. The molecule has 2 aromatic heterocycles. The number of hydrogen-bond donors (Lipinski definition) is 0. The monoisotopic (exact) mass is 378 g/mol. The fraction of sp³-hybridized carbons (Fsp3) is 0.556. The normalized spacial score (nSPS) is 16.3. The highest BCUT2D eigenvalue weighted by atomic mass is 32.1. The highest BCUT2D eigenvalue weighted by Gasteiger charge is 2.27. The SMILES string of the molecule is CCOC(=O)Cn1c(C(=O)OCC)nc2sc3c(c2c1=O)CC[C@H](C)C3. The van der Waals surface area contributed by atoms with Crippen molar-refractivity contribution in [1.29, 1.82) is 0 Å². The number of fused-ring (bicyclic) bond motifs is 3. The summed E-state index contributed by atoms with van der Waals surface area (Å²) in [7, 11) is 0. The van der Waals surface area contributed by atoms with Crippen LogP contribution in [-0.4, -0.2) is 34.7 Å². The van der Waals surface area contributed by atoms with Crippen LogP contribution in [0.1, 0.15) is 48.3 Å². The van der Waals surface area contributed by atoms with Gasteiger partial charge in [-0.1, -0.05) is 6.92 Å². The van der Waals surface area contributed by atoms with Gasteiger partial charge in [-0.2, -0.15) is 0 Å². The minimum Gasteiger partial charge on any atom is -0.465 e. The minimum absolute atomic E-state index is 0.149. The molecule has 2 aromatic rings. The first-order valence-corrected chi connectivity index (χ1v) is 9.65. The average molecular weight is 378 g/mol. The van der Waals surface area contributed by atoms with Crippen molar-refractivity contribution >= 4 is 33.5 Å². The fourth-order valence-electron chi connectivity index (χ4n) is 3.26. The van der Waals surface area contributed by atoms with Crippen molar-refractivity contribution in [2.45, 2.75) is 46.6 Å². The Morgan fingerprint density at radius 3 is 2.69 bits per heavy atom. The van der Waals surface area contributed by atoms with Crippen LogP contribution in [0.2, 0.25) is 0 Å². The number of carbonyl (C=O) groups is 2. The fourth-order valence-corrected chi connectivity index (χ4v) is 4.63. The second-order valence-corrected chi connectivity index (χ2v) is 7.47. The van der Waals surface area contributed by atoms with E-state index in [1.54, 1.807) is 13.8 Å². The van der Waals surface area contributed by atoms with Gasteiger partial charge in [0.05, 0.1) is 18.6 Å². The van der Waals surface area contributed by atoms with E-state index in [0.29, 0.717) is 16.1 Å². The molecule has 8 heteroatoms. The molecular weight excluding hydrogens is 356 g/mol. The molecule has 0 aromatic carbocycles. The Morgan fingerprint density at radius 1 is 1.27 bits per heavy atom. The van der Waals surface area contributed by atoms with Gasteiger partial charge in [-0.25, -0.2) is 9.78 Å². The molecule has 3 rings (SSSR count). The molecule has 140 valence electrons. The van der Waals surface area contributed by atoms with Gasteiger partial charge in [0.1, 0.15) is 11.4 Å². The second kappa shape index (κ2) is 7.57. The minimum atomic E-state index is -0.712. The van der Waals surface area contributed by atoms with Crippen molar-refractivity contribution in [3.8, 4) is 0 Å². The molecule has 0 saturated heterocycles. The number of rotatable bonds is 5. The van der Waals surface area contributed by atoms with E-state index in [0.717, 1.165) is 34.3 Å². The van der Waals surface area contributed by atoms with Gasteiger partial charge in [0, 0.05) is 4.88 Å². The van der Waals surface area contributed by atoms with Crippen molar-refractivity contribution in [1.82, 2.24) is 9.55 Å². The van der Waals surface area contributed by atoms with E-state index in [1.165, 1.54) is 11.3 Å². The van der Waals surface area contributed by atoms with Gasteiger partial charge < -0.3 is 9.47 Å². The molecule has 0 unspecified atom stereocenters. The van der Waals surface area contributed by atoms with Crippen molar-refractivity contribution in [3.63, 3.8) is 0 Å². The molecule has 1 atom stereocenters. The number of nitrogens with zero attached hydrogens (tertiary/aromatic N) is 2. The highest BCUT2D eigenvalue weighted by molar-refractivity contribution is 7.18. The molecule has 0 aliphatic heterocycles. The lowest BCUT2D eigenvalue weighted by atomic mass is 9.89. The number of aromatic nitrogens is 2. The standard InChI is InChI=1S/C18H22N2O5S/c1-4-24-13(21)9-20-15(18(23)25-5-2)19-16-14(17(20)22)11-7-6-10(3)8-12(11)26-16/h10H,4-9H2,1-3H3/t10-/m0/s1. The summed E-state index contributed by atoms with van der Waals surface area (Å²) in [6, 6.07) is 0. The van der Waals surface area contributed by atoms with E-state index in [9.17, 15) is 14.4 Å². The number of carbonyl (C=O) groups excluding carboxylic acids is 2. The van der Waals surface area contributed by atoms with Crippen molar-refractivity contribution < 1.29 is 19.1 Å². The van der Waals surface area contributed by atoms with E-state index in [-0.39, 0.29) is 31.1 Å². The lowest BCUT2D eigenvalue weighted by molar-refractivity contribution is -0.143. The molecule has 0 amide bonds. The van der Waals surface area contributed by atoms with Gasteiger partial charge >= 0.3 is 11.9 Å². The summed E-state index contributed by atoms with van der Waals surface area (Å²) in [5.74, 6) is -0.888. The summed E-state index contributed by atoms with van der Waals surface area (Å²) in [6.07, 6.45) is 2.73. The number of esters is 2. The van der Waals surface area contributed by atoms with Crippen LogP contribution in [0.3, 0.4) is 0 Å². The Balaban J connectivity index is 2.18.